The van der Waals surface area contributed by atoms with Crippen LogP contribution in [0, 0.1) is 5.92 Å². The Labute approximate surface area is 270 Å². The summed E-state index contributed by atoms with van der Waals surface area (Å²) in [6.45, 7) is 18.0. The number of hydrogen-bond donors (Lipinski definition) is 2. The molecule has 2 aromatic rings. The van der Waals surface area contributed by atoms with Crippen molar-refractivity contribution in [3.05, 3.63) is 99.4 Å². The molecule has 45 heavy (non-hydrogen) atoms. The van der Waals surface area contributed by atoms with Crippen LogP contribution in [0.1, 0.15) is 87.7 Å². The van der Waals surface area contributed by atoms with E-state index in [1.807, 2.05) is 33.8 Å². The number of Topliss-reactive ketones (excluding diaryl/α,β-unsaturated/α-hetero) is 1. The van der Waals surface area contributed by atoms with Gasteiger partial charge in [-0.3, -0.25) is 9.59 Å². The largest absolute Gasteiger partial charge is 0.490 e. The molecule has 6 nitrogen and oxygen atoms in total. The molecule has 1 aromatic carbocycles. The topological polar surface area (TPSA) is 78.9 Å². The predicted molar refractivity (Wildman–Crippen MR) is 178 cm³/mol. The highest BCUT2D eigenvalue weighted by Crippen LogP contribution is 2.31. The number of ether oxygens (including phenoxy) is 1. The van der Waals surface area contributed by atoms with Crippen molar-refractivity contribution in [3.8, 4) is 0 Å². The third-order valence-corrected chi connectivity index (χ3v) is 7.14. The zero-order chi connectivity index (χ0) is 34.2. The number of halogens is 3. The molecule has 10 heteroatoms. The second-order valence-electron chi connectivity index (χ2n) is 10.5. The summed E-state index contributed by atoms with van der Waals surface area (Å²) in [4.78, 5) is 27.0. The van der Waals surface area contributed by atoms with E-state index >= 15 is 0 Å². The van der Waals surface area contributed by atoms with Crippen LogP contribution in [0.15, 0.2) is 77.8 Å². The van der Waals surface area contributed by atoms with Crippen molar-refractivity contribution in [2.45, 2.75) is 80.3 Å². The molecule has 2 heterocycles. The lowest BCUT2D eigenvalue weighted by molar-refractivity contribution is -0.137. The molecule has 1 aliphatic heterocycles. The molecular weight excluding hydrogens is 601 g/mol. The van der Waals surface area contributed by atoms with Gasteiger partial charge in [0, 0.05) is 28.6 Å². The highest BCUT2D eigenvalue weighted by Gasteiger charge is 2.30. The molecule has 0 saturated heterocycles. The van der Waals surface area contributed by atoms with Crippen LogP contribution in [0.25, 0.3) is 0 Å². The number of nitrogens with zero attached hydrogens (tertiary/aromatic N) is 1. The van der Waals surface area contributed by atoms with Crippen LogP contribution < -0.4 is 5.32 Å². The molecule has 2 N–H and O–H groups in total. The van der Waals surface area contributed by atoms with Gasteiger partial charge >= 0.3 is 6.18 Å². The summed E-state index contributed by atoms with van der Waals surface area (Å²) < 4.78 is 43.5. The van der Waals surface area contributed by atoms with Gasteiger partial charge in [0.25, 0.3) is 5.91 Å². The maximum Gasteiger partial charge on any atom is 0.416 e. The average Bonchev–Trinajstić information content (AvgIpc) is 3.39. The van der Waals surface area contributed by atoms with Crippen LogP contribution in [-0.4, -0.2) is 34.9 Å². The van der Waals surface area contributed by atoms with Crippen LogP contribution in [0.2, 0.25) is 0 Å². The molecule has 0 fully saturated rings. The van der Waals surface area contributed by atoms with Gasteiger partial charge in [0.1, 0.15) is 12.4 Å². The number of amides is 1. The minimum absolute atomic E-state index is 0.0251. The SMILES string of the molecule is C=C1C=CC(OCCO)=CN1/C(=C\C(C)C)C(C)=O.CCC.CCCc1c(C(=O)Nc2cccc(C(F)(F)F)c2)csc1CC. The minimum Gasteiger partial charge on any atom is -0.490 e. The summed E-state index contributed by atoms with van der Waals surface area (Å²) in [6.07, 6.45) is 6.53. The first-order valence-corrected chi connectivity index (χ1v) is 16.0. The number of alkyl halides is 3. The van der Waals surface area contributed by atoms with E-state index in [0.717, 1.165) is 41.8 Å². The fourth-order valence-corrected chi connectivity index (χ4v) is 5.10. The number of carbonyl (C=O) groups is 2. The molecule has 0 radical (unpaired) electrons. The highest BCUT2D eigenvalue weighted by atomic mass is 32.1. The number of benzene rings is 1. The van der Waals surface area contributed by atoms with Crippen LogP contribution in [0.3, 0.4) is 0 Å². The fourth-order valence-electron chi connectivity index (χ4n) is 4.07. The van der Waals surface area contributed by atoms with Gasteiger partial charge < -0.3 is 20.1 Å². The van der Waals surface area contributed by atoms with Gasteiger partial charge in [-0.2, -0.15) is 13.2 Å². The second-order valence-corrected chi connectivity index (χ2v) is 11.5. The Hall–Kier alpha value is -3.63. The van der Waals surface area contributed by atoms with Crippen molar-refractivity contribution in [2.24, 2.45) is 5.92 Å². The van der Waals surface area contributed by atoms with Crippen LogP contribution in [0.5, 0.6) is 0 Å². The number of nitrogens with one attached hydrogen (secondary N) is 1. The van der Waals surface area contributed by atoms with Crippen LogP contribution >= 0.6 is 11.3 Å². The second kappa shape index (κ2) is 19.7. The number of allylic oxidation sites excluding steroid dienone is 4. The lowest BCUT2D eigenvalue weighted by Gasteiger charge is -2.26. The van der Waals surface area contributed by atoms with E-state index < -0.39 is 11.7 Å². The first-order valence-electron chi connectivity index (χ1n) is 15.2. The normalized spacial score (nSPS) is 13.0. The Morgan fingerprint density at radius 1 is 1.16 bits per heavy atom. The Morgan fingerprint density at radius 2 is 1.82 bits per heavy atom. The molecule has 1 amide bonds. The van der Waals surface area contributed by atoms with Crippen molar-refractivity contribution in [1.29, 1.82) is 0 Å². The van der Waals surface area contributed by atoms with E-state index in [0.29, 0.717) is 22.7 Å². The first kappa shape index (κ1) is 39.4. The number of thiophene rings is 1. The van der Waals surface area contributed by atoms with E-state index in [-0.39, 0.29) is 36.5 Å². The fraction of sp³-hybridized carbons (Fsp3) is 0.429. The van der Waals surface area contributed by atoms with E-state index in [1.54, 1.807) is 28.6 Å². The molecule has 0 unspecified atom stereocenters. The molecule has 1 aliphatic rings. The van der Waals surface area contributed by atoms with Crippen molar-refractivity contribution >= 4 is 28.7 Å². The van der Waals surface area contributed by atoms with Gasteiger partial charge in [-0.1, -0.05) is 73.1 Å². The minimum atomic E-state index is -4.42. The first-order chi connectivity index (χ1) is 21.2. The summed E-state index contributed by atoms with van der Waals surface area (Å²) in [5, 5.41) is 13.1. The third-order valence-electron chi connectivity index (χ3n) is 5.97. The average molecular weight is 649 g/mol. The van der Waals surface area contributed by atoms with Gasteiger partial charge in [-0.15, -0.1) is 11.3 Å². The number of carbonyl (C=O) groups excluding carboxylic acids is 2. The molecule has 3 rings (SSSR count). The number of anilines is 1. The van der Waals surface area contributed by atoms with Gasteiger partial charge in [0.15, 0.2) is 5.78 Å². The van der Waals surface area contributed by atoms with E-state index in [1.165, 1.54) is 36.8 Å². The van der Waals surface area contributed by atoms with Crippen molar-refractivity contribution in [1.82, 2.24) is 4.90 Å². The highest BCUT2D eigenvalue weighted by molar-refractivity contribution is 7.10. The molecule has 1 aromatic heterocycles. The Morgan fingerprint density at radius 3 is 2.36 bits per heavy atom. The number of aryl methyl sites for hydroxylation is 1. The number of rotatable bonds is 11. The van der Waals surface area contributed by atoms with E-state index in [4.69, 9.17) is 9.84 Å². The number of ketones is 1. The van der Waals surface area contributed by atoms with E-state index in [9.17, 15) is 22.8 Å². The molecule has 0 saturated carbocycles. The Balaban J connectivity index is 0.000000421. The molecule has 0 spiro atoms. The van der Waals surface area contributed by atoms with Crippen LogP contribution in [0.4, 0.5) is 18.9 Å². The third kappa shape index (κ3) is 13.1. The zero-order valence-corrected chi connectivity index (χ0v) is 28.2. The molecule has 0 atom stereocenters. The van der Waals surface area contributed by atoms with Gasteiger partial charge in [0.05, 0.1) is 29.6 Å². The van der Waals surface area contributed by atoms with Crippen molar-refractivity contribution in [3.63, 3.8) is 0 Å². The Kier molecular flexibility index (Phi) is 17.2. The summed E-state index contributed by atoms with van der Waals surface area (Å²) in [5.41, 5.74) is 2.23. The Bertz CT molecular complexity index is 1360. The summed E-state index contributed by atoms with van der Waals surface area (Å²) in [7, 11) is 0. The quantitative estimate of drug-likeness (QED) is 0.238. The molecule has 0 aliphatic carbocycles. The van der Waals surface area contributed by atoms with E-state index in [2.05, 4.69) is 25.7 Å². The predicted octanol–water partition coefficient (Wildman–Crippen LogP) is 9.30. The van der Waals surface area contributed by atoms with Gasteiger partial charge in [-0.25, -0.2) is 0 Å². The number of aliphatic hydroxyl groups is 1. The smallest absolute Gasteiger partial charge is 0.416 e. The molecular formula is C35H47F3N2O4S. The van der Waals surface area contributed by atoms with Gasteiger partial charge in [0.2, 0.25) is 0 Å². The lowest BCUT2D eigenvalue weighted by atomic mass is 10.0. The maximum absolute atomic E-state index is 12.7. The number of hydrogen-bond acceptors (Lipinski definition) is 6. The van der Waals surface area contributed by atoms with Crippen LogP contribution in [-0.2, 0) is 28.5 Å². The zero-order valence-electron chi connectivity index (χ0n) is 27.4. The van der Waals surface area contributed by atoms with Crippen molar-refractivity contribution < 1.29 is 32.6 Å². The molecule has 248 valence electrons. The van der Waals surface area contributed by atoms with Crippen molar-refractivity contribution in [2.75, 3.05) is 18.5 Å². The lowest BCUT2D eigenvalue weighted by Crippen LogP contribution is -2.23. The standard InChI is InChI=1S/C17H18F3NOS.C15H21NO3.C3H8/c1-3-6-13-14(10-23-15(13)4-2)16(22)21-12-8-5-7-11(9-12)17(18,19)20;1-11(2)9-15(13(4)18)16-10-14(19-8-7-17)6-5-12(16)3;1-3-2/h5,7-10H,3-4,6H2,1-2H3,(H,21,22);5-6,9-11,17H,3,7-8H2,1-2,4H3;3H2,1-2H3/b;15-9-;. The summed E-state index contributed by atoms with van der Waals surface area (Å²) in [6, 6.07) is 4.68. The van der Waals surface area contributed by atoms with Gasteiger partial charge in [-0.05, 0) is 54.7 Å². The summed E-state index contributed by atoms with van der Waals surface area (Å²) >= 11 is 1.52. The number of aliphatic hydroxyl groups excluding tert-OH is 1. The molecule has 0 bridgehead atoms. The maximum atomic E-state index is 12.7. The monoisotopic (exact) mass is 648 g/mol. The summed E-state index contributed by atoms with van der Waals surface area (Å²) in [5.74, 6) is 0.469.